The van der Waals surface area contributed by atoms with Crippen molar-refractivity contribution in [1.82, 2.24) is 0 Å². The number of carbonyl (C=O) groups excluding carboxylic acids is 1. The van der Waals surface area contributed by atoms with Gasteiger partial charge in [0.05, 0.1) is 6.61 Å². The van der Waals surface area contributed by atoms with Crippen LogP contribution in [0.3, 0.4) is 0 Å². The topological polar surface area (TPSA) is 26.3 Å². The average Bonchev–Trinajstić information content (AvgIpc) is 2.07. The molecule has 12 heavy (non-hydrogen) atoms. The molecule has 1 aliphatic rings. The van der Waals surface area contributed by atoms with Crippen molar-refractivity contribution in [1.29, 1.82) is 0 Å². The van der Waals surface area contributed by atoms with Crippen LogP contribution >= 0.6 is 0 Å². The number of benzene rings is 1. The van der Waals surface area contributed by atoms with Crippen molar-refractivity contribution in [2.45, 2.75) is 13.5 Å². The number of ketones is 1. The Bertz CT molecular complexity index is 329. The monoisotopic (exact) mass is 162 g/mol. The highest BCUT2D eigenvalue weighted by atomic mass is 16.5. The van der Waals surface area contributed by atoms with Gasteiger partial charge in [0.15, 0.2) is 5.78 Å². The summed E-state index contributed by atoms with van der Waals surface area (Å²) in [5.41, 5.74) is 2.97. The summed E-state index contributed by atoms with van der Waals surface area (Å²) in [6.45, 7) is 2.79. The Morgan fingerprint density at radius 3 is 3.00 bits per heavy atom. The fraction of sp³-hybridized carbons (Fsp3) is 0.300. The van der Waals surface area contributed by atoms with Gasteiger partial charge >= 0.3 is 0 Å². The summed E-state index contributed by atoms with van der Waals surface area (Å²) >= 11 is 0. The predicted molar refractivity (Wildman–Crippen MR) is 45.2 cm³/mol. The zero-order valence-corrected chi connectivity index (χ0v) is 6.96. The van der Waals surface area contributed by atoms with Crippen molar-refractivity contribution >= 4 is 5.78 Å². The second-order valence-corrected chi connectivity index (χ2v) is 3.08. The molecule has 62 valence electrons. The summed E-state index contributed by atoms with van der Waals surface area (Å²) in [6.07, 6.45) is 0. The molecule has 0 radical (unpaired) electrons. The molecule has 0 saturated heterocycles. The third-order valence-corrected chi connectivity index (χ3v) is 2.06. The summed E-state index contributed by atoms with van der Waals surface area (Å²) in [4.78, 5) is 11.3. The summed E-state index contributed by atoms with van der Waals surface area (Å²) in [7, 11) is 0. The standard InChI is InChI=1S/C10H10O2/c1-7-2-3-8-5-12-6-10(11)9(8)4-7/h2-4H,5-6H2,1H3. The number of Topliss-reactive ketones (excluding diaryl/α,β-unsaturated/α-hetero) is 1. The number of rotatable bonds is 0. The second-order valence-electron chi connectivity index (χ2n) is 3.08. The molecule has 0 aliphatic carbocycles. The molecular weight excluding hydrogens is 152 g/mol. The zero-order chi connectivity index (χ0) is 8.55. The van der Waals surface area contributed by atoms with Crippen molar-refractivity contribution in [3.8, 4) is 0 Å². The lowest BCUT2D eigenvalue weighted by Crippen LogP contribution is -2.17. The lowest BCUT2D eigenvalue weighted by molar-refractivity contribution is 0.0665. The van der Waals surface area contributed by atoms with E-state index in [2.05, 4.69) is 0 Å². The molecule has 2 nitrogen and oxygen atoms in total. The highest BCUT2D eigenvalue weighted by Gasteiger charge is 2.16. The Morgan fingerprint density at radius 2 is 2.17 bits per heavy atom. The van der Waals surface area contributed by atoms with Gasteiger partial charge < -0.3 is 4.74 Å². The SMILES string of the molecule is Cc1ccc2c(c1)C(=O)COC2. The van der Waals surface area contributed by atoms with E-state index in [4.69, 9.17) is 4.74 Å². The molecule has 0 fully saturated rings. The second kappa shape index (κ2) is 2.72. The molecule has 0 atom stereocenters. The van der Waals surface area contributed by atoms with Crippen LogP contribution in [0.25, 0.3) is 0 Å². The van der Waals surface area contributed by atoms with Crippen LogP contribution < -0.4 is 0 Å². The summed E-state index contributed by atoms with van der Waals surface area (Å²) in [5.74, 6) is 0.0972. The number of hydrogen-bond donors (Lipinski definition) is 0. The molecular formula is C10H10O2. The molecule has 0 unspecified atom stereocenters. The molecule has 1 aliphatic heterocycles. The smallest absolute Gasteiger partial charge is 0.188 e. The van der Waals surface area contributed by atoms with E-state index in [1.165, 1.54) is 0 Å². The van der Waals surface area contributed by atoms with Crippen molar-refractivity contribution in [3.05, 3.63) is 34.9 Å². The fourth-order valence-corrected chi connectivity index (χ4v) is 1.41. The predicted octanol–water partition coefficient (Wildman–Crippen LogP) is 1.71. The third-order valence-electron chi connectivity index (χ3n) is 2.06. The summed E-state index contributed by atoms with van der Waals surface area (Å²) in [5, 5.41) is 0. The van der Waals surface area contributed by atoms with E-state index in [1.807, 2.05) is 25.1 Å². The first-order chi connectivity index (χ1) is 5.77. The highest BCUT2D eigenvalue weighted by molar-refractivity contribution is 5.99. The van der Waals surface area contributed by atoms with Crippen molar-refractivity contribution < 1.29 is 9.53 Å². The van der Waals surface area contributed by atoms with E-state index in [-0.39, 0.29) is 12.4 Å². The molecule has 1 aromatic rings. The van der Waals surface area contributed by atoms with Crippen LogP contribution in [-0.4, -0.2) is 12.4 Å². The van der Waals surface area contributed by atoms with Crippen LogP contribution in [0.1, 0.15) is 21.5 Å². The number of aryl methyl sites for hydroxylation is 1. The minimum atomic E-state index is 0.0972. The van der Waals surface area contributed by atoms with E-state index in [1.54, 1.807) is 0 Å². The Labute approximate surface area is 71.2 Å². The molecule has 1 aromatic carbocycles. The Balaban J connectivity index is 2.54. The highest BCUT2D eigenvalue weighted by Crippen LogP contribution is 2.17. The van der Waals surface area contributed by atoms with Crippen LogP contribution in [0.2, 0.25) is 0 Å². The molecule has 0 N–H and O–H groups in total. The zero-order valence-electron chi connectivity index (χ0n) is 6.96. The van der Waals surface area contributed by atoms with Crippen molar-refractivity contribution in [3.63, 3.8) is 0 Å². The van der Waals surface area contributed by atoms with E-state index in [9.17, 15) is 4.79 Å². The van der Waals surface area contributed by atoms with Crippen LogP contribution in [0.5, 0.6) is 0 Å². The number of carbonyl (C=O) groups is 1. The number of fused-ring (bicyclic) bond motifs is 1. The van der Waals surface area contributed by atoms with Gasteiger partial charge in [-0.2, -0.15) is 0 Å². The van der Waals surface area contributed by atoms with Gasteiger partial charge in [-0.15, -0.1) is 0 Å². The normalized spacial score (nSPS) is 15.9. The molecule has 0 spiro atoms. The lowest BCUT2D eigenvalue weighted by atomic mass is 10.0. The molecule has 2 rings (SSSR count). The van der Waals surface area contributed by atoms with Crippen LogP contribution in [-0.2, 0) is 11.3 Å². The first-order valence-corrected chi connectivity index (χ1v) is 3.98. The lowest BCUT2D eigenvalue weighted by Gasteiger charge is -2.15. The van der Waals surface area contributed by atoms with Gasteiger partial charge in [0.25, 0.3) is 0 Å². The van der Waals surface area contributed by atoms with Crippen LogP contribution in [0, 0.1) is 6.92 Å². The fourth-order valence-electron chi connectivity index (χ4n) is 1.41. The van der Waals surface area contributed by atoms with Gasteiger partial charge in [-0.25, -0.2) is 0 Å². The van der Waals surface area contributed by atoms with Crippen molar-refractivity contribution in [2.75, 3.05) is 6.61 Å². The van der Waals surface area contributed by atoms with Gasteiger partial charge in [0, 0.05) is 5.56 Å². The molecule has 0 aromatic heterocycles. The minimum absolute atomic E-state index is 0.0972. The minimum Gasteiger partial charge on any atom is -0.369 e. The quantitative estimate of drug-likeness (QED) is 0.580. The van der Waals surface area contributed by atoms with Gasteiger partial charge in [-0.1, -0.05) is 17.7 Å². The average molecular weight is 162 g/mol. The van der Waals surface area contributed by atoms with E-state index in [0.29, 0.717) is 6.61 Å². The third kappa shape index (κ3) is 1.14. The van der Waals surface area contributed by atoms with Crippen molar-refractivity contribution in [2.24, 2.45) is 0 Å². The summed E-state index contributed by atoms with van der Waals surface area (Å²) in [6, 6.07) is 5.89. The van der Waals surface area contributed by atoms with Gasteiger partial charge in [-0.05, 0) is 18.6 Å². The van der Waals surface area contributed by atoms with Gasteiger partial charge in [-0.3, -0.25) is 4.79 Å². The molecule has 2 heteroatoms. The van der Waals surface area contributed by atoms with Gasteiger partial charge in [0.2, 0.25) is 0 Å². The Hall–Kier alpha value is -1.15. The number of ether oxygens (including phenoxy) is 1. The first kappa shape index (κ1) is 7.50. The van der Waals surface area contributed by atoms with E-state index >= 15 is 0 Å². The first-order valence-electron chi connectivity index (χ1n) is 3.98. The maximum absolute atomic E-state index is 11.3. The molecule has 0 saturated carbocycles. The Morgan fingerprint density at radius 1 is 1.33 bits per heavy atom. The van der Waals surface area contributed by atoms with E-state index in [0.717, 1.165) is 16.7 Å². The Kier molecular flexibility index (Phi) is 1.70. The molecule has 1 heterocycles. The largest absolute Gasteiger partial charge is 0.369 e. The van der Waals surface area contributed by atoms with Gasteiger partial charge in [0.1, 0.15) is 6.61 Å². The maximum Gasteiger partial charge on any atom is 0.188 e. The molecule has 0 bridgehead atoms. The summed E-state index contributed by atoms with van der Waals surface area (Å²) < 4.78 is 5.10. The van der Waals surface area contributed by atoms with Crippen LogP contribution in [0.4, 0.5) is 0 Å². The number of hydrogen-bond acceptors (Lipinski definition) is 2. The maximum atomic E-state index is 11.3. The van der Waals surface area contributed by atoms with E-state index < -0.39 is 0 Å². The van der Waals surface area contributed by atoms with Crippen LogP contribution in [0.15, 0.2) is 18.2 Å². The molecule has 0 amide bonds.